The lowest BCUT2D eigenvalue weighted by molar-refractivity contribution is -0.137. The Labute approximate surface area is 140 Å². The number of alkyl halides is 3. The Morgan fingerprint density at radius 1 is 1.42 bits per heavy atom. The summed E-state index contributed by atoms with van der Waals surface area (Å²) in [6, 6.07) is 5.13. The summed E-state index contributed by atoms with van der Waals surface area (Å²) in [5.41, 5.74) is -0.808. The van der Waals surface area contributed by atoms with E-state index in [1.54, 1.807) is 11.0 Å². The Bertz CT molecular complexity index is 706. The van der Waals surface area contributed by atoms with Gasteiger partial charge in [0.1, 0.15) is 6.10 Å². The second-order valence-corrected chi connectivity index (χ2v) is 6.21. The number of urea groups is 1. The Hall–Kier alpha value is -2.29. The summed E-state index contributed by atoms with van der Waals surface area (Å²) in [5, 5.41) is 5.35. The first-order valence-electron chi connectivity index (χ1n) is 7.21. The lowest BCUT2D eigenvalue weighted by Crippen LogP contribution is -2.34. The monoisotopic (exact) mass is 357 g/mol. The molecule has 1 unspecified atom stereocenters. The smallest absolute Gasteiger partial charge is 0.416 e. The van der Waals surface area contributed by atoms with Crippen LogP contribution in [0.3, 0.4) is 0 Å². The molecule has 2 aromatic heterocycles. The number of rotatable bonds is 3. The molecular weight excluding hydrogens is 343 g/mol. The van der Waals surface area contributed by atoms with E-state index in [0.29, 0.717) is 19.5 Å². The van der Waals surface area contributed by atoms with E-state index < -0.39 is 11.7 Å². The van der Waals surface area contributed by atoms with Crippen LogP contribution < -0.4 is 10.1 Å². The second-order valence-electron chi connectivity index (χ2n) is 5.26. The molecule has 9 heteroatoms. The van der Waals surface area contributed by atoms with Gasteiger partial charge in [0.2, 0.25) is 5.88 Å². The SMILES string of the molecule is O=C(Nc1cccs1)N1CCC(Oc2cc(C(F)(F)F)ccn2)C1. The number of thiophene rings is 1. The van der Waals surface area contributed by atoms with Gasteiger partial charge in [0.15, 0.2) is 0 Å². The highest BCUT2D eigenvalue weighted by Gasteiger charge is 2.32. The van der Waals surface area contributed by atoms with Crippen LogP contribution in [0.15, 0.2) is 35.8 Å². The number of aromatic nitrogens is 1. The minimum absolute atomic E-state index is 0.0876. The van der Waals surface area contributed by atoms with Gasteiger partial charge in [-0.3, -0.25) is 5.32 Å². The van der Waals surface area contributed by atoms with E-state index in [4.69, 9.17) is 4.74 Å². The predicted octanol–water partition coefficient (Wildman–Crippen LogP) is 3.85. The lowest BCUT2D eigenvalue weighted by atomic mass is 10.2. The molecular formula is C15H14F3N3O2S. The molecule has 0 saturated carbocycles. The largest absolute Gasteiger partial charge is 0.472 e. The van der Waals surface area contributed by atoms with Gasteiger partial charge >= 0.3 is 12.2 Å². The molecule has 1 N–H and O–H groups in total. The van der Waals surface area contributed by atoms with Crippen molar-refractivity contribution >= 4 is 22.4 Å². The highest BCUT2D eigenvalue weighted by Crippen LogP contribution is 2.31. The quantitative estimate of drug-likeness (QED) is 0.908. The molecule has 1 fully saturated rings. The zero-order valence-corrected chi connectivity index (χ0v) is 13.2. The fourth-order valence-corrected chi connectivity index (χ4v) is 2.97. The fraction of sp³-hybridized carbons (Fsp3) is 0.333. The van der Waals surface area contributed by atoms with Crippen LogP contribution in [0, 0.1) is 0 Å². The number of carbonyl (C=O) groups is 1. The summed E-state index contributed by atoms with van der Waals surface area (Å²) < 4.78 is 43.6. The number of likely N-dealkylation sites (tertiary alicyclic amines) is 1. The topological polar surface area (TPSA) is 54.5 Å². The van der Waals surface area contributed by atoms with Crippen molar-refractivity contribution in [2.75, 3.05) is 18.4 Å². The summed E-state index contributed by atoms with van der Waals surface area (Å²) in [6.07, 6.45) is -3.22. The van der Waals surface area contributed by atoms with Gasteiger partial charge in [-0.2, -0.15) is 13.2 Å². The first-order chi connectivity index (χ1) is 11.4. The average Bonchev–Trinajstić information content (AvgIpc) is 3.18. The molecule has 2 amide bonds. The minimum Gasteiger partial charge on any atom is -0.472 e. The molecule has 5 nitrogen and oxygen atoms in total. The molecule has 0 radical (unpaired) electrons. The molecule has 1 aliphatic heterocycles. The summed E-state index contributed by atoms with van der Waals surface area (Å²) >= 11 is 1.41. The molecule has 2 aromatic rings. The van der Waals surface area contributed by atoms with Gasteiger partial charge in [0.25, 0.3) is 0 Å². The zero-order chi connectivity index (χ0) is 17.2. The molecule has 3 heterocycles. The van der Waals surface area contributed by atoms with Crippen molar-refractivity contribution in [2.45, 2.75) is 18.7 Å². The van der Waals surface area contributed by atoms with Crippen molar-refractivity contribution in [3.05, 3.63) is 41.4 Å². The highest BCUT2D eigenvalue weighted by molar-refractivity contribution is 7.14. The number of carbonyl (C=O) groups excluding carboxylic acids is 1. The van der Waals surface area contributed by atoms with Gasteiger partial charge in [0.05, 0.1) is 17.1 Å². The summed E-state index contributed by atoms with van der Waals surface area (Å²) in [6.45, 7) is 0.774. The van der Waals surface area contributed by atoms with Crippen molar-refractivity contribution in [1.29, 1.82) is 0 Å². The normalized spacial score (nSPS) is 17.8. The van der Waals surface area contributed by atoms with E-state index in [1.807, 2.05) is 11.4 Å². The molecule has 0 aliphatic carbocycles. The van der Waals surface area contributed by atoms with Gasteiger partial charge in [-0.05, 0) is 23.6 Å². The van der Waals surface area contributed by atoms with Crippen molar-refractivity contribution in [1.82, 2.24) is 9.88 Å². The third-order valence-corrected chi connectivity index (χ3v) is 4.32. The summed E-state index contributed by atoms with van der Waals surface area (Å²) in [7, 11) is 0. The summed E-state index contributed by atoms with van der Waals surface area (Å²) in [5.74, 6) is -0.0876. The lowest BCUT2D eigenvalue weighted by Gasteiger charge is -2.17. The van der Waals surface area contributed by atoms with E-state index >= 15 is 0 Å². The van der Waals surface area contributed by atoms with Gasteiger partial charge in [-0.1, -0.05) is 0 Å². The van der Waals surface area contributed by atoms with Crippen LogP contribution >= 0.6 is 11.3 Å². The third-order valence-electron chi connectivity index (χ3n) is 3.53. The van der Waals surface area contributed by atoms with Crippen LogP contribution in [0.2, 0.25) is 0 Å². The Morgan fingerprint density at radius 3 is 2.96 bits per heavy atom. The van der Waals surface area contributed by atoms with Gasteiger partial charge in [-0.15, -0.1) is 11.3 Å². The van der Waals surface area contributed by atoms with Crippen LogP contribution in [-0.4, -0.2) is 35.1 Å². The molecule has 0 bridgehead atoms. The van der Waals surface area contributed by atoms with E-state index in [2.05, 4.69) is 10.3 Å². The summed E-state index contributed by atoms with van der Waals surface area (Å²) in [4.78, 5) is 17.5. The molecule has 24 heavy (non-hydrogen) atoms. The Kier molecular flexibility index (Phi) is 4.61. The number of halogens is 3. The highest BCUT2D eigenvalue weighted by atomic mass is 32.1. The number of hydrogen-bond acceptors (Lipinski definition) is 4. The molecule has 0 aromatic carbocycles. The van der Waals surface area contributed by atoms with Crippen molar-refractivity contribution < 1.29 is 22.7 Å². The molecule has 0 spiro atoms. The molecule has 1 atom stereocenters. The first kappa shape index (κ1) is 16.6. The van der Waals surface area contributed by atoms with E-state index in [1.165, 1.54) is 11.3 Å². The van der Waals surface area contributed by atoms with E-state index in [0.717, 1.165) is 23.3 Å². The third kappa shape index (κ3) is 3.97. The van der Waals surface area contributed by atoms with Crippen LogP contribution in [0.25, 0.3) is 0 Å². The van der Waals surface area contributed by atoms with Crippen molar-refractivity contribution in [2.24, 2.45) is 0 Å². The number of ether oxygens (including phenoxy) is 1. The van der Waals surface area contributed by atoms with Gasteiger partial charge < -0.3 is 9.64 Å². The van der Waals surface area contributed by atoms with Crippen LogP contribution in [0.5, 0.6) is 5.88 Å². The predicted molar refractivity (Wildman–Crippen MR) is 83.2 cm³/mol. The maximum absolute atomic E-state index is 12.7. The average molecular weight is 357 g/mol. The van der Waals surface area contributed by atoms with Gasteiger partial charge in [0, 0.05) is 25.2 Å². The minimum atomic E-state index is -4.44. The van der Waals surface area contributed by atoms with Crippen LogP contribution in [-0.2, 0) is 6.18 Å². The number of anilines is 1. The number of nitrogens with one attached hydrogen (secondary N) is 1. The van der Waals surface area contributed by atoms with Crippen molar-refractivity contribution in [3.63, 3.8) is 0 Å². The van der Waals surface area contributed by atoms with E-state index in [-0.39, 0.29) is 18.0 Å². The second kappa shape index (κ2) is 6.68. The number of pyridine rings is 1. The Morgan fingerprint density at radius 2 is 2.25 bits per heavy atom. The Balaban J connectivity index is 1.57. The van der Waals surface area contributed by atoms with Gasteiger partial charge in [-0.25, -0.2) is 9.78 Å². The number of nitrogens with zero attached hydrogens (tertiary/aromatic N) is 2. The standard InChI is InChI=1S/C15H14F3N3O2S/c16-15(17,18)10-3-5-19-12(8-10)23-11-4-6-21(9-11)14(22)20-13-2-1-7-24-13/h1-3,5,7-8,11H,4,6,9H2,(H,20,22). The maximum Gasteiger partial charge on any atom is 0.416 e. The first-order valence-corrected chi connectivity index (χ1v) is 8.09. The zero-order valence-electron chi connectivity index (χ0n) is 12.4. The maximum atomic E-state index is 12.7. The van der Waals surface area contributed by atoms with Crippen LogP contribution in [0.4, 0.5) is 23.0 Å². The van der Waals surface area contributed by atoms with Crippen molar-refractivity contribution in [3.8, 4) is 5.88 Å². The molecule has 1 aliphatic rings. The molecule has 1 saturated heterocycles. The number of hydrogen-bond donors (Lipinski definition) is 1. The molecule has 3 rings (SSSR count). The number of amides is 2. The van der Waals surface area contributed by atoms with Crippen LogP contribution in [0.1, 0.15) is 12.0 Å². The molecule has 128 valence electrons. The van der Waals surface area contributed by atoms with E-state index in [9.17, 15) is 18.0 Å². The fourth-order valence-electron chi connectivity index (χ4n) is 2.36.